The smallest absolute Gasteiger partial charge is 0.313 e. The van der Waals surface area contributed by atoms with Gasteiger partial charge in [0.15, 0.2) is 11.5 Å². The molecule has 0 spiro atoms. The molecule has 0 unspecified atom stereocenters. The lowest BCUT2D eigenvalue weighted by molar-refractivity contribution is -0.140. The number of halogens is 2. The van der Waals surface area contributed by atoms with Gasteiger partial charge in [0.05, 0.1) is 21.2 Å². The van der Waals surface area contributed by atoms with Crippen LogP contribution in [0.2, 0.25) is 0 Å². The summed E-state index contributed by atoms with van der Waals surface area (Å²) >= 11 is 3.10. The number of benzene rings is 1. The molecule has 0 amide bonds. The summed E-state index contributed by atoms with van der Waals surface area (Å²) in [6.07, 6.45) is 0. The van der Waals surface area contributed by atoms with Crippen LogP contribution in [0.4, 0.5) is 0 Å². The largest absolute Gasteiger partial charge is 0.422 e. The first-order valence-electron chi connectivity index (χ1n) is 6.65. The Morgan fingerprint density at radius 3 is 1.96 bits per heavy atom. The van der Waals surface area contributed by atoms with Crippen LogP contribution in [-0.2, 0) is 18.6 Å². The van der Waals surface area contributed by atoms with Crippen LogP contribution in [0.25, 0.3) is 0 Å². The Balaban J connectivity index is 3.42. The molecule has 0 aliphatic rings. The summed E-state index contributed by atoms with van der Waals surface area (Å²) in [5, 5.41) is 0. The van der Waals surface area contributed by atoms with Gasteiger partial charge in [-0.2, -0.15) is 0 Å². The predicted octanol–water partition coefficient (Wildman–Crippen LogP) is 3.50. The number of hydrogen-bond acceptors (Lipinski definition) is 6. The van der Waals surface area contributed by atoms with Crippen molar-refractivity contribution in [3.05, 3.63) is 16.6 Å². The van der Waals surface area contributed by atoms with Crippen LogP contribution in [0.1, 0.15) is 27.7 Å². The SMILES string of the molecule is CC(C)C(=O)Oc1cc(S(=O)(=O)Cl)cc(Br)c1OC(=O)C(C)C. The van der Waals surface area contributed by atoms with Crippen molar-refractivity contribution in [3.8, 4) is 11.5 Å². The highest BCUT2D eigenvalue weighted by molar-refractivity contribution is 9.10. The zero-order chi connectivity index (χ0) is 17.9. The summed E-state index contributed by atoms with van der Waals surface area (Å²) in [5.41, 5.74) is 0. The molecule has 0 radical (unpaired) electrons. The molecule has 0 saturated carbocycles. The van der Waals surface area contributed by atoms with E-state index in [0.29, 0.717) is 0 Å². The van der Waals surface area contributed by atoms with E-state index in [1.165, 1.54) is 0 Å². The van der Waals surface area contributed by atoms with E-state index in [1.807, 2.05) is 0 Å². The first kappa shape index (κ1) is 19.9. The van der Waals surface area contributed by atoms with Gasteiger partial charge in [-0.25, -0.2) is 8.42 Å². The molecule has 0 aliphatic heterocycles. The van der Waals surface area contributed by atoms with Crippen molar-refractivity contribution in [3.63, 3.8) is 0 Å². The Labute approximate surface area is 147 Å². The maximum atomic E-state index is 11.8. The molecule has 0 heterocycles. The van der Waals surface area contributed by atoms with E-state index in [9.17, 15) is 18.0 Å². The number of carbonyl (C=O) groups is 2. The second-order valence-electron chi connectivity index (χ2n) is 5.32. The van der Waals surface area contributed by atoms with Crippen molar-refractivity contribution in [2.24, 2.45) is 11.8 Å². The Morgan fingerprint density at radius 2 is 1.52 bits per heavy atom. The lowest BCUT2D eigenvalue weighted by Gasteiger charge is -2.15. The van der Waals surface area contributed by atoms with Crippen molar-refractivity contribution in [2.45, 2.75) is 32.6 Å². The summed E-state index contributed by atoms with van der Waals surface area (Å²) in [6.45, 7) is 6.49. The molecule has 23 heavy (non-hydrogen) atoms. The minimum absolute atomic E-state index is 0.0817. The van der Waals surface area contributed by atoms with Gasteiger partial charge in [0, 0.05) is 16.7 Å². The maximum Gasteiger partial charge on any atom is 0.313 e. The van der Waals surface area contributed by atoms with Crippen LogP contribution in [0.3, 0.4) is 0 Å². The Hall–Kier alpha value is -1.12. The number of carbonyl (C=O) groups excluding carboxylic acids is 2. The van der Waals surface area contributed by atoms with Gasteiger partial charge < -0.3 is 9.47 Å². The standard InChI is InChI=1S/C14H16BrClO6S/c1-7(2)13(17)21-11-6-9(23(16,19)20)5-10(15)12(11)22-14(18)8(3)4/h5-8H,1-4H3. The second kappa shape index (κ2) is 7.63. The van der Waals surface area contributed by atoms with Crippen molar-refractivity contribution >= 4 is 47.6 Å². The third kappa shape index (κ3) is 5.47. The van der Waals surface area contributed by atoms with Gasteiger partial charge >= 0.3 is 11.9 Å². The molecule has 0 saturated heterocycles. The van der Waals surface area contributed by atoms with E-state index >= 15 is 0 Å². The van der Waals surface area contributed by atoms with Crippen LogP contribution < -0.4 is 9.47 Å². The minimum Gasteiger partial charge on any atom is -0.422 e. The summed E-state index contributed by atoms with van der Waals surface area (Å²) in [5.74, 6) is -2.34. The second-order valence-corrected chi connectivity index (χ2v) is 8.74. The Kier molecular flexibility index (Phi) is 6.61. The average molecular weight is 428 g/mol. The quantitative estimate of drug-likeness (QED) is 0.406. The molecule has 0 fully saturated rings. The first-order valence-corrected chi connectivity index (χ1v) is 9.75. The van der Waals surface area contributed by atoms with Gasteiger partial charge in [-0.15, -0.1) is 0 Å². The summed E-state index contributed by atoms with van der Waals surface area (Å²) in [4.78, 5) is 23.3. The topological polar surface area (TPSA) is 86.7 Å². The van der Waals surface area contributed by atoms with Crippen LogP contribution in [-0.4, -0.2) is 20.4 Å². The zero-order valence-corrected chi connectivity index (χ0v) is 16.1. The summed E-state index contributed by atoms with van der Waals surface area (Å²) in [7, 11) is 1.26. The fourth-order valence-electron chi connectivity index (χ4n) is 1.30. The Morgan fingerprint density at radius 1 is 1.04 bits per heavy atom. The number of hydrogen-bond donors (Lipinski definition) is 0. The molecule has 1 rings (SSSR count). The maximum absolute atomic E-state index is 11.8. The molecule has 6 nitrogen and oxygen atoms in total. The fraction of sp³-hybridized carbons (Fsp3) is 0.429. The molecule has 0 bridgehead atoms. The number of ether oxygens (including phenoxy) is 2. The van der Waals surface area contributed by atoms with E-state index in [-0.39, 0.29) is 20.9 Å². The summed E-state index contributed by atoms with van der Waals surface area (Å²) in [6, 6.07) is 2.20. The predicted molar refractivity (Wildman–Crippen MR) is 88.1 cm³/mol. The average Bonchev–Trinajstić information content (AvgIpc) is 2.40. The lowest BCUT2D eigenvalue weighted by Crippen LogP contribution is -2.19. The monoisotopic (exact) mass is 426 g/mol. The van der Waals surface area contributed by atoms with E-state index in [0.717, 1.165) is 12.1 Å². The molecular weight excluding hydrogens is 412 g/mol. The molecule has 1 aromatic rings. The van der Waals surface area contributed by atoms with Crippen LogP contribution in [0.5, 0.6) is 11.5 Å². The molecule has 9 heteroatoms. The zero-order valence-electron chi connectivity index (χ0n) is 12.9. The fourth-order valence-corrected chi connectivity index (χ4v) is 2.75. The van der Waals surface area contributed by atoms with E-state index in [1.54, 1.807) is 27.7 Å². The van der Waals surface area contributed by atoms with Crippen LogP contribution in [0.15, 0.2) is 21.5 Å². The van der Waals surface area contributed by atoms with Crippen LogP contribution >= 0.6 is 26.6 Å². The molecule has 128 valence electrons. The van der Waals surface area contributed by atoms with Gasteiger partial charge in [0.25, 0.3) is 9.05 Å². The third-order valence-electron chi connectivity index (χ3n) is 2.62. The van der Waals surface area contributed by atoms with Gasteiger partial charge in [-0.1, -0.05) is 27.7 Å². The first-order chi connectivity index (χ1) is 10.4. The van der Waals surface area contributed by atoms with Gasteiger partial charge in [0.1, 0.15) is 0 Å². The van der Waals surface area contributed by atoms with Gasteiger partial charge in [-0.05, 0) is 22.0 Å². The minimum atomic E-state index is -4.05. The van der Waals surface area contributed by atoms with Gasteiger partial charge in [0.2, 0.25) is 0 Å². The summed E-state index contributed by atoms with van der Waals surface area (Å²) < 4.78 is 33.4. The number of esters is 2. The highest BCUT2D eigenvalue weighted by Crippen LogP contribution is 2.39. The molecule has 0 atom stereocenters. The van der Waals surface area contributed by atoms with Gasteiger partial charge in [-0.3, -0.25) is 9.59 Å². The Bertz CT molecular complexity index is 727. The van der Waals surface area contributed by atoms with Crippen molar-refractivity contribution in [1.82, 2.24) is 0 Å². The number of rotatable bonds is 5. The van der Waals surface area contributed by atoms with E-state index in [2.05, 4.69) is 15.9 Å². The van der Waals surface area contributed by atoms with Crippen LogP contribution in [0, 0.1) is 11.8 Å². The van der Waals surface area contributed by atoms with Crippen molar-refractivity contribution < 1.29 is 27.5 Å². The molecule has 0 aliphatic carbocycles. The third-order valence-corrected chi connectivity index (χ3v) is 4.54. The molecule has 1 aromatic carbocycles. The molecule has 0 N–H and O–H groups in total. The van der Waals surface area contributed by atoms with E-state index in [4.69, 9.17) is 20.2 Å². The van der Waals surface area contributed by atoms with Crippen molar-refractivity contribution in [1.29, 1.82) is 0 Å². The van der Waals surface area contributed by atoms with E-state index < -0.39 is 32.8 Å². The molecule has 0 aromatic heterocycles. The normalized spacial score (nSPS) is 11.7. The molecular formula is C14H16BrClO6S. The highest BCUT2D eigenvalue weighted by atomic mass is 79.9. The lowest BCUT2D eigenvalue weighted by atomic mass is 10.2. The van der Waals surface area contributed by atoms with Crippen molar-refractivity contribution in [2.75, 3.05) is 0 Å². The highest BCUT2D eigenvalue weighted by Gasteiger charge is 2.24.